The first-order valence-corrected chi connectivity index (χ1v) is 7.01. The van der Waals surface area contributed by atoms with E-state index in [1.807, 2.05) is 44.5 Å². The van der Waals surface area contributed by atoms with Crippen molar-refractivity contribution in [2.45, 2.75) is 40.7 Å². The number of halogens is 1. The quantitative estimate of drug-likeness (QED) is 0.924. The van der Waals surface area contributed by atoms with Crippen molar-refractivity contribution in [1.29, 1.82) is 0 Å². The van der Waals surface area contributed by atoms with Crippen molar-refractivity contribution >= 4 is 0 Å². The zero-order valence-electron chi connectivity index (χ0n) is 12.8. The van der Waals surface area contributed by atoms with Gasteiger partial charge >= 0.3 is 0 Å². The third-order valence-electron chi connectivity index (χ3n) is 3.52. The van der Waals surface area contributed by atoms with Crippen LogP contribution in [-0.4, -0.2) is 16.3 Å². The average molecular weight is 275 g/mol. The van der Waals surface area contributed by atoms with Gasteiger partial charge < -0.3 is 5.32 Å². The van der Waals surface area contributed by atoms with Gasteiger partial charge in [-0.05, 0) is 63.6 Å². The molecule has 1 aromatic heterocycles. The highest BCUT2D eigenvalue weighted by Gasteiger charge is 2.16. The first-order chi connectivity index (χ1) is 9.43. The maximum absolute atomic E-state index is 13.9. The van der Waals surface area contributed by atoms with E-state index < -0.39 is 0 Å². The molecule has 0 fully saturated rings. The van der Waals surface area contributed by atoms with Gasteiger partial charge in [0.25, 0.3) is 0 Å². The van der Waals surface area contributed by atoms with Crippen molar-refractivity contribution < 1.29 is 4.39 Å². The van der Waals surface area contributed by atoms with E-state index in [0.717, 1.165) is 29.2 Å². The van der Waals surface area contributed by atoms with E-state index in [0.29, 0.717) is 5.56 Å². The van der Waals surface area contributed by atoms with Gasteiger partial charge in [-0.2, -0.15) is 5.10 Å². The molecule has 3 nitrogen and oxygen atoms in total. The molecule has 2 rings (SSSR count). The van der Waals surface area contributed by atoms with Crippen molar-refractivity contribution in [2.75, 3.05) is 6.54 Å². The number of nitrogens with one attached hydrogen (secondary N) is 1. The highest BCUT2D eigenvalue weighted by atomic mass is 19.1. The molecule has 1 aromatic carbocycles. The Labute approximate surface area is 119 Å². The third kappa shape index (κ3) is 2.75. The number of benzene rings is 1. The van der Waals surface area contributed by atoms with Crippen LogP contribution in [0.4, 0.5) is 4.39 Å². The van der Waals surface area contributed by atoms with Crippen LogP contribution in [0.15, 0.2) is 18.2 Å². The fourth-order valence-electron chi connectivity index (χ4n) is 2.50. The summed E-state index contributed by atoms with van der Waals surface area (Å²) >= 11 is 0. The summed E-state index contributed by atoms with van der Waals surface area (Å²) in [6.07, 6.45) is 0. The molecule has 20 heavy (non-hydrogen) atoms. The van der Waals surface area contributed by atoms with E-state index >= 15 is 0 Å². The molecule has 0 aliphatic carbocycles. The minimum absolute atomic E-state index is 0.0778. The Balaban J connectivity index is 2.61. The lowest BCUT2D eigenvalue weighted by atomic mass is 10.0. The van der Waals surface area contributed by atoms with Gasteiger partial charge in [-0.1, -0.05) is 6.92 Å². The summed E-state index contributed by atoms with van der Waals surface area (Å²) in [6.45, 7) is 10.7. The van der Waals surface area contributed by atoms with Crippen LogP contribution in [0.2, 0.25) is 0 Å². The topological polar surface area (TPSA) is 29.9 Å². The fourth-order valence-corrected chi connectivity index (χ4v) is 2.50. The van der Waals surface area contributed by atoms with E-state index in [4.69, 9.17) is 0 Å². The van der Waals surface area contributed by atoms with Gasteiger partial charge in [0.15, 0.2) is 0 Å². The summed E-state index contributed by atoms with van der Waals surface area (Å²) < 4.78 is 15.8. The monoisotopic (exact) mass is 275 g/mol. The summed E-state index contributed by atoms with van der Waals surface area (Å²) in [7, 11) is 0. The van der Waals surface area contributed by atoms with Crippen LogP contribution in [0.25, 0.3) is 5.69 Å². The number of nitrogens with zero attached hydrogens (tertiary/aromatic N) is 2. The Morgan fingerprint density at radius 2 is 1.95 bits per heavy atom. The molecule has 0 saturated heterocycles. The van der Waals surface area contributed by atoms with E-state index in [1.165, 1.54) is 0 Å². The van der Waals surface area contributed by atoms with E-state index in [-0.39, 0.29) is 11.9 Å². The maximum atomic E-state index is 13.9. The third-order valence-corrected chi connectivity index (χ3v) is 3.52. The van der Waals surface area contributed by atoms with Crippen LogP contribution in [0, 0.1) is 26.6 Å². The number of aryl methyl sites for hydroxylation is 3. The van der Waals surface area contributed by atoms with Crippen molar-refractivity contribution in [3.63, 3.8) is 0 Å². The lowest BCUT2D eigenvalue weighted by Crippen LogP contribution is -2.20. The summed E-state index contributed by atoms with van der Waals surface area (Å²) in [4.78, 5) is 0. The second-order valence-electron chi connectivity index (χ2n) is 5.28. The molecule has 0 aliphatic rings. The van der Waals surface area contributed by atoms with Gasteiger partial charge in [0.05, 0.1) is 11.4 Å². The zero-order chi connectivity index (χ0) is 14.9. The zero-order valence-corrected chi connectivity index (χ0v) is 12.8. The van der Waals surface area contributed by atoms with Crippen LogP contribution in [0.5, 0.6) is 0 Å². The van der Waals surface area contributed by atoms with Crippen LogP contribution >= 0.6 is 0 Å². The molecule has 1 N–H and O–H groups in total. The normalized spacial score (nSPS) is 12.7. The van der Waals surface area contributed by atoms with Gasteiger partial charge in [0.2, 0.25) is 0 Å². The SMILES string of the molecule is CCNC(C)c1cc(F)c(C)cc1-n1nc(C)cc1C. The van der Waals surface area contributed by atoms with E-state index in [9.17, 15) is 4.39 Å². The minimum atomic E-state index is -0.171. The summed E-state index contributed by atoms with van der Waals surface area (Å²) in [5, 5.41) is 7.86. The molecule has 1 atom stereocenters. The second-order valence-corrected chi connectivity index (χ2v) is 5.28. The van der Waals surface area contributed by atoms with Gasteiger partial charge in [-0.25, -0.2) is 9.07 Å². The molecule has 0 saturated carbocycles. The van der Waals surface area contributed by atoms with Gasteiger partial charge in [-0.15, -0.1) is 0 Å². The van der Waals surface area contributed by atoms with E-state index in [1.54, 1.807) is 13.0 Å². The summed E-state index contributed by atoms with van der Waals surface area (Å²) in [6, 6.07) is 5.60. The average Bonchev–Trinajstić information content (AvgIpc) is 2.71. The fraction of sp³-hybridized carbons (Fsp3) is 0.438. The molecule has 108 valence electrons. The smallest absolute Gasteiger partial charge is 0.126 e. The molecular formula is C16H22FN3. The second kappa shape index (κ2) is 5.75. The largest absolute Gasteiger partial charge is 0.310 e. The van der Waals surface area contributed by atoms with Crippen LogP contribution in [0.3, 0.4) is 0 Å². The van der Waals surface area contributed by atoms with Crippen molar-refractivity contribution in [3.05, 3.63) is 46.5 Å². The molecule has 4 heteroatoms. The Morgan fingerprint density at radius 1 is 1.25 bits per heavy atom. The van der Waals surface area contributed by atoms with Crippen molar-refractivity contribution in [3.8, 4) is 5.69 Å². The minimum Gasteiger partial charge on any atom is -0.310 e. The first-order valence-electron chi connectivity index (χ1n) is 7.01. The Morgan fingerprint density at radius 3 is 2.50 bits per heavy atom. The standard InChI is InChI=1S/C16H22FN3/c1-6-18-13(5)14-9-15(17)10(2)7-16(14)20-12(4)8-11(3)19-20/h7-9,13,18H,6H2,1-5H3. The molecule has 0 radical (unpaired) electrons. The molecule has 2 aromatic rings. The number of rotatable bonds is 4. The Bertz CT molecular complexity index is 616. The Kier molecular flexibility index (Phi) is 4.23. The molecule has 0 bridgehead atoms. The maximum Gasteiger partial charge on any atom is 0.126 e. The first kappa shape index (κ1) is 14.7. The highest BCUT2D eigenvalue weighted by molar-refractivity contribution is 5.46. The highest BCUT2D eigenvalue weighted by Crippen LogP contribution is 2.26. The van der Waals surface area contributed by atoms with Crippen molar-refractivity contribution in [2.24, 2.45) is 0 Å². The summed E-state index contributed by atoms with van der Waals surface area (Å²) in [5.41, 5.74) is 4.54. The van der Waals surface area contributed by atoms with Crippen LogP contribution in [-0.2, 0) is 0 Å². The predicted octanol–water partition coefficient (Wildman–Crippen LogP) is 3.61. The van der Waals surface area contributed by atoms with Gasteiger partial charge in [0, 0.05) is 11.7 Å². The van der Waals surface area contributed by atoms with Crippen LogP contribution in [0.1, 0.15) is 42.4 Å². The number of hydrogen-bond acceptors (Lipinski definition) is 2. The molecule has 0 spiro atoms. The van der Waals surface area contributed by atoms with Gasteiger partial charge in [-0.3, -0.25) is 0 Å². The molecule has 1 unspecified atom stereocenters. The van der Waals surface area contributed by atoms with E-state index in [2.05, 4.69) is 10.4 Å². The number of hydrogen-bond donors (Lipinski definition) is 1. The molecular weight excluding hydrogens is 253 g/mol. The molecule has 0 aliphatic heterocycles. The Hall–Kier alpha value is -1.68. The molecule has 1 heterocycles. The molecule has 0 amide bonds. The van der Waals surface area contributed by atoms with Gasteiger partial charge in [0.1, 0.15) is 5.82 Å². The lowest BCUT2D eigenvalue weighted by molar-refractivity contribution is 0.574. The van der Waals surface area contributed by atoms with Crippen LogP contribution < -0.4 is 5.32 Å². The number of aromatic nitrogens is 2. The van der Waals surface area contributed by atoms with Crippen molar-refractivity contribution in [1.82, 2.24) is 15.1 Å². The predicted molar refractivity (Wildman–Crippen MR) is 79.8 cm³/mol. The lowest BCUT2D eigenvalue weighted by Gasteiger charge is -2.19. The summed E-state index contributed by atoms with van der Waals surface area (Å²) in [5.74, 6) is -0.171.